The number of hydrogen-bond acceptors (Lipinski definition) is 4. The van der Waals surface area contributed by atoms with Crippen LogP contribution in [0, 0.1) is 0 Å². The summed E-state index contributed by atoms with van der Waals surface area (Å²) in [6.45, 7) is 0.955. The lowest BCUT2D eigenvalue weighted by atomic mass is 10.0. The summed E-state index contributed by atoms with van der Waals surface area (Å²) in [6, 6.07) is 5.96. The minimum atomic E-state index is -2.82. The number of fused-ring (bicyclic) bond motifs is 1. The van der Waals surface area contributed by atoms with E-state index in [1.807, 2.05) is 12.1 Å². The maximum Gasteiger partial charge on any atom is 0.157 e. The monoisotopic (exact) mass is 253 g/mol. The molecule has 0 spiro atoms. The van der Waals surface area contributed by atoms with Crippen LogP contribution in [-0.4, -0.2) is 32.6 Å². The predicted molar refractivity (Wildman–Crippen MR) is 66.3 cm³/mol. The summed E-state index contributed by atoms with van der Waals surface area (Å²) in [4.78, 5) is 0. The van der Waals surface area contributed by atoms with E-state index >= 15 is 0 Å². The first-order valence-corrected chi connectivity index (χ1v) is 7.69. The zero-order valence-electron chi connectivity index (χ0n) is 9.48. The molecule has 17 heavy (non-hydrogen) atoms. The van der Waals surface area contributed by atoms with Gasteiger partial charge in [0.05, 0.1) is 17.2 Å². The van der Waals surface area contributed by atoms with Crippen LogP contribution < -0.4 is 10.1 Å². The number of nitrogens with one attached hydrogen (secondary N) is 1. The van der Waals surface area contributed by atoms with Crippen molar-refractivity contribution >= 4 is 15.5 Å². The molecule has 1 aromatic rings. The Hall–Kier alpha value is -1.23. The Morgan fingerprint density at radius 2 is 2.12 bits per heavy atom. The molecule has 1 aromatic carbocycles. The average molecular weight is 253 g/mol. The smallest absolute Gasteiger partial charge is 0.157 e. The number of hydrogen-bond donors (Lipinski definition) is 1. The molecule has 0 saturated carbocycles. The number of ether oxygens (including phenoxy) is 1. The van der Waals surface area contributed by atoms with E-state index in [0.717, 1.165) is 30.8 Å². The summed E-state index contributed by atoms with van der Waals surface area (Å²) >= 11 is 0. The van der Waals surface area contributed by atoms with Crippen molar-refractivity contribution in [3.05, 3.63) is 23.8 Å². The zero-order valence-corrected chi connectivity index (χ0v) is 10.3. The van der Waals surface area contributed by atoms with Crippen LogP contribution in [0.4, 0.5) is 5.69 Å². The van der Waals surface area contributed by atoms with Crippen molar-refractivity contribution < 1.29 is 13.2 Å². The zero-order chi connectivity index (χ0) is 11.9. The van der Waals surface area contributed by atoms with Gasteiger partial charge in [-0.3, -0.25) is 0 Å². The van der Waals surface area contributed by atoms with E-state index in [-0.39, 0.29) is 17.6 Å². The van der Waals surface area contributed by atoms with Crippen LogP contribution >= 0.6 is 0 Å². The van der Waals surface area contributed by atoms with Crippen LogP contribution in [0.1, 0.15) is 12.0 Å². The van der Waals surface area contributed by atoms with E-state index in [1.165, 1.54) is 5.56 Å². The van der Waals surface area contributed by atoms with Crippen molar-refractivity contribution in [3.8, 4) is 5.75 Å². The topological polar surface area (TPSA) is 55.4 Å². The summed E-state index contributed by atoms with van der Waals surface area (Å²) in [7, 11) is -2.82. The number of anilines is 1. The molecule has 0 unspecified atom stereocenters. The van der Waals surface area contributed by atoms with Crippen molar-refractivity contribution in [3.63, 3.8) is 0 Å². The van der Waals surface area contributed by atoms with Gasteiger partial charge in [-0.25, -0.2) is 8.42 Å². The molecule has 2 aliphatic heterocycles. The molecule has 4 nitrogen and oxygen atoms in total. The van der Waals surface area contributed by atoms with Gasteiger partial charge in [-0.2, -0.15) is 0 Å². The minimum absolute atomic E-state index is 0.149. The maximum atomic E-state index is 11.1. The normalized spacial score (nSPS) is 22.1. The Labute approximate surface area is 101 Å². The lowest BCUT2D eigenvalue weighted by Crippen LogP contribution is -2.45. The molecule has 1 fully saturated rings. The first-order valence-electron chi connectivity index (χ1n) is 5.87. The summed E-state index contributed by atoms with van der Waals surface area (Å²) in [6.07, 6.45) is 2.02. The van der Waals surface area contributed by atoms with Crippen molar-refractivity contribution in [2.24, 2.45) is 0 Å². The molecule has 0 amide bonds. The van der Waals surface area contributed by atoms with Crippen LogP contribution in [0.25, 0.3) is 0 Å². The van der Waals surface area contributed by atoms with Crippen molar-refractivity contribution in [2.75, 3.05) is 23.4 Å². The third-order valence-corrected chi connectivity index (χ3v) is 4.97. The molecule has 1 N–H and O–H groups in total. The molecule has 1 saturated heterocycles. The quantitative estimate of drug-likeness (QED) is 0.861. The first kappa shape index (κ1) is 10.9. The second kappa shape index (κ2) is 3.91. The molecule has 2 aliphatic rings. The van der Waals surface area contributed by atoms with E-state index in [4.69, 9.17) is 4.74 Å². The average Bonchev–Trinajstić information content (AvgIpc) is 2.27. The third kappa shape index (κ3) is 2.11. The third-order valence-electron chi connectivity index (χ3n) is 3.21. The van der Waals surface area contributed by atoms with Gasteiger partial charge in [0.15, 0.2) is 9.84 Å². The van der Waals surface area contributed by atoms with Crippen molar-refractivity contribution in [1.29, 1.82) is 0 Å². The Bertz CT molecular complexity index is 527. The summed E-state index contributed by atoms with van der Waals surface area (Å²) in [5, 5.41) is 3.33. The minimum Gasteiger partial charge on any atom is -0.486 e. The fraction of sp³-hybridized carbons (Fsp3) is 0.500. The van der Waals surface area contributed by atoms with Gasteiger partial charge in [0, 0.05) is 6.54 Å². The van der Waals surface area contributed by atoms with Crippen LogP contribution in [0.3, 0.4) is 0 Å². The molecule has 2 heterocycles. The van der Waals surface area contributed by atoms with Gasteiger partial charge >= 0.3 is 0 Å². The van der Waals surface area contributed by atoms with E-state index in [2.05, 4.69) is 11.4 Å². The molecular weight excluding hydrogens is 238 g/mol. The second-order valence-corrected chi connectivity index (χ2v) is 6.79. The van der Waals surface area contributed by atoms with Gasteiger partial charge in [0.25, 0.3) is 0 Å². The first-order chi connectivity index (χ1) is 8.14. The fourth-order valence-corrected chi connectivity index (χ4v) is 3.51. The number of para-hydroxylation sites is 1. The van der Waals surface area contributed by atoms with Gasteiger partial charge in [0.2, 0.25) is 0 Å². The number of sulfone groups is 1. The SMILES string of the molecule is O=S1(=O)CC(Oc2cccc3c2NCCC3)C1. The van der Waals surface area contributed by atoms with E-state index in [1.54, 1.807) is 0 Å². The molecular formula is C12H15NO3S. The number of aryl methyl sites for hydroxylation is 1. The molecule has 0 bridgehead atoms. The van der Waals surface area contributed by atoms with Gasteiger partial charge in [-0.05, 0) is 24.5 Å². The number of benzene rings is 1. The summed E-state index contributed by atoms with van der Waals surface area (Å²) in [5.41, 5.74) is 2.30. The standard InChI is InChI=1S/C12H15NO3S/c14-17(15)7-10(8-17)16-11-5-1-3-9-4-2-6-13-12(9)11/h1,3,5,10,13H,2,4,6-8H2. The molecule has 0 aromatic heterocycles. The van der Waals surface area contributed by atoms with Crippen LogP contribution in [0.5, 0.6) is 5.75 Å². The highest BCUT2D eigenvalue weighted by molar-refractivity contribution is 7.92. The molecule has 0 aliphatic carbocycles. The molecule has 0 radical (unpaired) electrons. The van der Waals surface area contributed by atoms with Crippen molar-refractivity contribution in [1.82, 2.24) is 0 Å². The summed E-state index contributed by atoms with van der Waals surface area (Å²) < 4.78 is 27.9. The Morgan fingerprint density at radius 3 is 2.88 bits per heavy atom. The van der Waals surface area contributed by atoms with E-state index in [9.17, 15) is 8.42 Å². The van der Waals surface area contributed by atoms with Gasteiger partial charge in [-0.15, -0.1) is 0 Å². The van der Waals surface area contributed by atoms with Crippen molar-refractivity contribution in [2.45, 2.75) is 18.9 Å². The fourth-order valence-electron chi connectivity index (χ4n) is 2.34. The Balaban J connectivity index is 1.79. The highest BCUT2D eigenvalue weighted by Gasteiger charge is 2.35. The Kier molecular flexibility index (Phi) is 2.50. The Morgan fingerprint density at radius 1 is 1.29 bits per heavy atom. The van der Waals surface area contributed by atoms with Gasteiger partial charge in [0.1, 0.15) is 11.9 Å². The largest absolute Gasteiger partial charge is 0.486 e. The molecule has 3 rings (SSSR count). The number of rotatable bonds is 2. The second-order valence-electron chi connectivity index (χ2n) is 4.64. The van der Waals surface area contributed by atoms with Gasteiger partial charge < -0.3 is 10.1 Å². The predicted octanol–water partition coefficient (Wildman–Crippen LogP) is 1.22. The van der Waals surface area contributed by atoms with E-state index < -0.39 is 9.84 Å². The van der Waals surface area contributed by atoms with Crippen LogP contribution in [0.15, 0.2) is 18.2 Å². The summed E-state index contributed by atoms with van der Waals surface area (Å²) in [5.74, 6) is 1.09. The lowest BCUT2D eigenvalue weighted by molar-refractivity contribution is 0.231. The molecule has 0 atom stereocenters. The highest BCUT2D eigenvalue weighted by atomic mass is 32.2. The van der Waals surface area contributed by atoms with Crippen LogP contribution in [0.2, 0.25) is 0 Å². The van der Waals surface area contributed by atoms with Gasteiger partial charge in [-0.1, -0.05) is 12.1 Å². The van der Waals surface area contributed by atoms with E-state index in [0.29, 0.717) is 0 Å². The maximum absolute atomic E-state index is 11.1. The lowest BCUT2D eigenvalue weighted by Gasteiger charge is -2.29. The van der Waals surface area contributed by atoms with Crippen LogP contribution in [-0.2, 0) is 16.3 Å². The highest BCUT2D eigenvalue weighted by Crippen LogP contribution is 2.33. The molecule has 92 valence electrons. The molecule has 5 heteroatoms.